The first-order valence-electron chi connectivity index (χ1n) is 8.40. The third-order valence-corrected chi connectivity index (χ3v) is 4.02. The lowest BCUT2D eigenvalue weighted by Crippen LogP contribution is -2.38. The van der Waals surface area contributed by atoms with Gasteiger partial charge in [0.05, 0.1) is 18.8 Å². The smallest absolute Gasteiger partial charge is 0.315 e. The van der Waals surface area contributed by atoms with Crippen LogP contribution in [-0.2, 0) is 6.54 Å². The summed E-state index contributed by atoms with van der Waals surface area (Å²) >= 11 is 0. The molecule has 0 aliphatic rings. The molecule has 2 N–H and O–H groups in total. The standard InChI is InChI=1S/C21H21N3O2/c1-26-19-13-6-5-11-17(19)15-23-21(25)24-20(16-9-3-2-4-10-16)18-12-7-8-14-22-18/h2-14,20H,15H2,1H3,(H2,23,24,25)/t20-/m1/s1. The van der Waals surface area contributed by atoms with Crippen molar-refractivity contribution in [2.75, 3.05) is 7.11 Å². The van der Waals surface area contributed by atoms with E-state index < -0.39 is 0 Å². The van der Waals surface area contributed by atoms with Crippen LogP contribution in [0.15, 0.2) is 79.0 Å². The molecule has 1 heterocycles. The number of aromatic nitrogens is 1. The van der Waals surface area contributed by atoms with Crippen molar-refractivity contribution in [3.05, 3.63) is 95.8 Å². The van der Waals surface area contributed by atoms with Gasteiger partial charge in [0.1, 0.15) is 5.75 Å². The van der Waals surface area contributed by atoms with Crippen molar-refractivity contribution in [3.8, 4) is 5.75 Å². The number of benzene rings is 2. The van der Waals surface area contributed by atoms with E-state index in [-0.39, 0.29) is 12.1 Å². The van der Waals surface area contributed by atoms with E-state index in [1.54, 1.807) is 13.3 Å². The highest BCUT2D eigenvalue weighted by atomic mass is 16.5. The lowest BCUT2D eigenvalue weighted by atomic mass is 10.0. The number of nitrogens with one attached hydrogen (secondary N) is 2. The molecule has 2 aromatic carbocycles. The topological polar surface area (TPSA) is 63.2 Å². The minimum Gasteiger partial charge on any atom is -0.496 e. The van der Waals surface area contributed by atoms with Gasteiger partial charge in [0.15, 0.2) is 0 Å². The van der Waals surface area contributed by atoms with E-state index in [1.807, 2.05) is 72.8 Å². The largest absolute Gasteiger partial charge is 0.496 e. The fourth-order valence-electron chi connectivity index (χ4n) is 2.73. The Hall–Kier alpha value is -3.34. The molecule has 26 heavy (non-hydrogen) atoms. The number of urea groups is 1. The normalized spacial score (nSPS) is 11.4. The summed E-state index contributed by atoms with van der Waals surface area (Å²) in [4.78, 5) is 16.9. The highest BCUT2D eigenvalue weighted by molar-refractivity contribution is 5.75. The van der Waals surface area contributed by atoms with E-state index in [0.717, 1.165) is 22.6 Å². The van der Waals surface area contributed by atoms with Gasteiger partial charge in [-0.2, -0.15) is 0 Å². The van der Waals surface area contributed by atoms with Crippen molar-refractivity contribution < 1.29 is 9.53 Å². The second-order valence-electron chi connectivity index (χ2n) is 5.74. The molecule has 3 aromatic rings. The van der Waals surface area contributed by atoms with Gasteiger partial charge in [-0.05, 0) is 23.8 Å². The minimum atomic E-state index is -0.324. The first-order valence-corrected chi connectivity index (χ1v) is 8.40. The lowest BCUT2D eigenvalue weighted by Gasteiger charge is -2.19. The van der Waals surface area contributed by atoms with Crippen LogP contribution in [0.1, 0.15) is 22.9 Å². The number of hydrogen-bond donors (Lipinski definition) is 2. The zero-order valence-corrected chi connectivity index (χ0v) is 14.6. The number of para-hydroxylation sites is 1. The zero-order valence-electron chi connectivity index (χ0n) is 14.6. The van der Waals surface area contributed by atoms with Crippen molar-refractivity contribution >= 4 is 6.03 Å². The molecular formula is C21H21N3O2. The maximum atomic E-state index is 12.5. The van der Waals surface area contributed by atoms with E-state index in [4.69, 9.17) is 4.74 Å². The summed E-state index contributed by atoms with van der Waals surface area (Å²) in [6.07, 6.45) is 1.72. The fourth-order valence-corrected chi connectivity index (χ4v) is 2.73. The molecule has 0 aliphatic carbocycles. The summed E-state index contributed by atoms with van der Waals surface area (Å²) in [7, 11) is 1.62. The highest BCUT2D eigenvalue weighted by Gasteiger charge is 2.17. The quantitative estimate of drug-likeness (QED) is 0.715. The van der Waals surface area contributed by atoms with Gasteiger partial charge >= 0.3 is 6.03 Å². The molecule has 0 radical (unpaired) electrons. The molecule has 1 atom stereocenters. The minimum absolute atomic E-state index is 0.268. The predicted octanol–water partition coefficient (Wildman–Crippen LogP) is 3.68. The molecule has 1 aromatic heterocycles. The van der Waals surface area contributed by atoms with Crippen LogP contribution in [0.3, 0.4) is 0 Å². The summed E-state index contributed by atoms with van der Waals surface area (Å²) < 4.78 is 5.32. The molecule has 2 amide bonds. The number of pyridine rings is 1. The fraction of sp³-hybridized carbons (Fsp3) is 0.143. The van der Waals surface area contributed by atoms with E-state index in [1.165, 1.54) is 0 Å². The van der Waals surface area contributed by atoms with Gasteiger partial charge in [0.25, 0.3) is 0 Å². The van der Waals surface area contributed by atoms with Crippen LogP contribution >= 0.6 is 0 Å². The van der Waals surface area contributed by atoms with Gasteiger partial charge in [0, 0.05) is 18.3 Å². The average Bonchev–Trinajstić information content (AvgIpc) is 2.72. The SMILES string of the molecule is COc1ccccc1CNC(=O)N[C@H](c1ccccc1)c1ccccn1. The summed E-state index contributed by atoms with van der Waals surface area (Å²) in [5.41, 5.74) is 2.67. The molecule has 0 aliphatic heterocycles. The van der Waals surface area contributed by atoms with E-state index in [2.05, 4.69) is 15.6 Å². The maximum absolute atomic E-state index is 12.5. The first kappa shape index (κ1) is 17.5. The molecule has 0 unspecified atom stereocenters. The molecule has 132 valence electrons. The van der Waals surface area contributed by atoms with Crippen LogP contribution in [0.2, 0.25) is 0 Å². The van der Waals surface area contributed by atoms with Crippen molar-refractivity contribution in [3.63, 3.8) is 0 Å². The van der Waals surface area contributed by atoms with Gasteiger partial charge in [0.2, 0.25) is 0 Å². The molecule has 5 heteroatoms. The number of methoxy groups -OCH3 is 1. The number of ether oxygens (including phenoxy) is 1. The third kappa shape index (κ3) is 4.39. The predicted molar refractivity (Wildman–Crippen MR) is 101 cm³/mol. The van der Waals surface area contributed by atoms with Crippen LogP contribution < -0.4 is 15.4 Å². The van der Waals surface area contributed by atoms with Crippen LogP contribution in [0.5, 0.6) is 5.75 Å². The van der Waals surface area contributed by atoms with Crippen LogP contribution in [-0.4, -0.2) is 18.1 Å². The Labute approximate surface area is 153 Å². The van der Waals surface area contributed by atoms with Crippen molar-refractivity contribution in [2.24, 2.45) is 0 Å². The first-order chi connectivity index (χ1) is 12.8. The van der Waals surface area contributed by atoms with Gasteiger partial charge in [-0.15, -0.1) is 0 Å². The number of hydrogen-bond acceptors (Lipinski definition) is 3. The Balaban J connectivity index is 1.72. The van der Waals surface area contributed by atoms with Crippen molar-refractivity contribution in [1.82, 2.24) is 15.6 Å². The van der Waals surface area contributed by atoms with Gasteiger partial charge in [-0.25, -0.2) is 4.79 Å². The maximum Gasteiger partial charge on any atom is 0.315 e. The second-order valence-corrected chi connectivity index (χ2v) is 5.74. The van der Waals surface area contributed by atoms with E-state index >= 15 is 0 Å². The molecular weight excluding hydrogens is 326 g/mol. The number of carbonyl (C=O) groups is 1. The van der Waals surface area contributed by atoms with Gasteiger partial charge < -0.3 is 15.4 Å². The summed E-state index contributed by atoms with van der Waals surface area (Å²) in [6.45, 7) is 0.375. The van der Waals surface area contributed by atoms with Crippen LogP contribution in [0.4, 0.5) is 4.79 Å². The lowest BCUT2D eigenvalue weighted by molar-refractivity contribution is 0.238. The molecule has 0 saturated carbocycles. The Morgan fingerprint density at radius 1 is 1.00 bits per heavy atom. The number of amides is 2. The highest BCUT2D eigenvalue weighted by Crippen LogP contribution is 2.20. The van der Waals surface area contributed by atoms with Crippen molar-refractivity contribution in [1.29, 1.82) is 0 Å². The Bertz CT molecular complexity index is 799. The van der Waals surface area contributed by atoms with Gasteiger partial charge in [-0.1, -0.05) is 54.6 Å². The van der Waals surface area contributed by atoms with E-state index in [9.17, 15) is 4.79 Å². The van der Waals surface area contributed by atoms with Crippen LogP contribution in [0, 0.1) is 0 Å². The number of carbonyl (C=O) groups excluding carboxylic acids is 1. The molecule has 3 rings (SSSR count). The van der Waals surface area contributed by atoms with Crippen LogP contribution in [0.25, 0.3) is 0 Å². The van der Waals surface area contributed by atoms with E-state index in [0.29, 0.717) is 6.54 Å². The molecule has 0 saturated heterocycles. The molecule has 0 fully saturated rings. The monoisotopic (exact) mass is 347 g/mol. The molecule has 0 bridgehead atoms. The Morgan fingerprint density at radius 3 is 2.46 bits per heavy atom. The average molecular weight is 347 g/mol. The Kier molecular flexibility index (Phi) is 5.83. The number of rotatable bonds is 6. The summed E-state index contributed by atoms with van der Waals surface area (Å²) in [5.74, 6) is 0.747. The number of nitrogens with zero attached hydrogens (tertiary/aromatic N) is 1. The third-order valence-electron chi connectivity index (χ3n) is 4.02. The Morgan fingerprint density at radius 2 is 1.73 bits per heavy atom. The van der Waals surface area contributed by atoms with Crippen molar-refractivity contribution in [2.45, 2.75) is 12.6 Å². The molecule has 0 spiro atoms. The zero-order chi connectivity index (χ0) is 18.2. The second kappa shape index (κ2) is 8.67. The summed E-state index contributed by atoms with van der Waals surface area (Å²) in [5, 5.41) is 5.89. The van der Waals surface area contributed by atoms with Gasteiger partial charge in [-0.3, -0.25) is 4.98 Å². The summed E-state index contributed by atoms with van der Waals surface area (Å²) in [6, 6.07) is 22.5. The molecule has 5 nitrogen and oxygen atoms in total.